The molecule has 3 unspecified atom stereocenters. The number of halogens is 1. The van der Waals surface area contributed by atoms with Crippen molar-refractivity contribution in [3.8, 4) is 0 Å². The molecule has 1 saturated carbocycles. The predicted octanol–water partition coefficient (Wildman–Crippen LogP) is 5.53. The Balaban J connectivity index is 2.06. The van der Waals surface area contributed by atoms with Crippen molar-refractivity contribution in [1.29, 1.82) is 0 Å². The number of rotatable bonds is 5. The fraction of sp³-hybridized carbons (Fsp3) is 0.625. The second-order valence-electron chi connectivity index (χ2n) is 5.57. The maximum atomic E-state index is 6.56. The molecule has 0 aromatic heterocycles. The first-order chi connectivity index (χ1) is 8.13. The third-order valence-corrected chi connectivity index (χ3v) is 4.91. The van der Waals surface area contributed by atoms with Gasteiger partial charge in [0.2, 0.25) is 0 Å². The lowest BCUT2D eigenvalue weighted by atomic mass is 9.93. The van der Waals surface area contributed by atoms with Crippen LogP contribution in [0, 0.1) is 11.8 Å². The standard InChI is InChI=1S/C16H23Cl/c1-4-11(2)13-5-9-15(10-6-13)16(17)12(3)14-7-8-14/h5-6,9-12,14,16H,4,7-8H2,1-3H3. The topological polar surface area (TPSA) is 0 Å². The third kappa shape index (κ3) is 3.04. The summed E-state index contributed by atoms with van der Waals surface area (Å²) in [6.07, 6.45) is 3.94. The van der Waals surface area contributed by atoms with E-state index in [1.165, 1.54) is 30.4 Å². The summed E-state index contributed by atoms with van der Waals surface area (Å²) in [5, 5.41) is 0.188. The van der Waals surface area contributed by atoms with Crippen LogP contribution in [0.3, 0.4) is 0 Å². The Labute approximate surface area is 110 Å². The van der Waals surface area contributed by atoms with Crippen LogP contribution in [-0.2, 0) is 0 Å². The summed E-state index contributed by atoms with van der Waals surface area (Å²) < 4.78 is 0. The molecule has 1 aliphatic rings. The van der Waals surface area contributed by atoms with Crippen LogP contribution in [0.2, 0.25) is 0 Å². The lowest BCUT2D eigenvalue weighted by Gasteiger charge is -2.18. The summed E-state index contributed by atoms with van der Waals surface area (Å²) in [5.74, 6) is 2.14. The Bertz CT molecular complexity index is 350. The Kier molecular flexibility index (Phi) is 4.14. The highest BCUT2D eigenvalue weighted by Gasteiger charge is 2.32. The van der Waals surface area contributed by atoms with Crippen LogP contribution in [0.15, 0.2) is 24.3 Å². The first kappa shape index (κ1) is 13.0. The molecule has 1 heteroatoms. The van der Waals surface area contributed by atoms with E-state index < -0.39 is 0 Å². The minimum atomic E-state index is 0.188. The van der Waals surface area contributed by atoms with Crippen molar-refractivity contribution in [2.45, 2.75) is 51.3 Å². The quantitative estimate of drug-likeness (QED) is 0.603. The molecule has 0 saturated heterocycles. The molecule has 1 aromatic rings. The van der Waals surface area contributed by atoms with Crippen LogP contribution in [0.25, 0.3) is 0 Å². The van der Waals surface area contributed by atoms with Gasteiger partial charge in [0, 0.05) is 0 Å². The molecular weight excluding hydrogens is 228 g/mol. The van der Waals surface area contributed by atoms with E-state index in [-0.39, 0.29) is 5.38 Å². The largest absolute Gasteiger partial charge is 0.118 e. The minimum Gasteiger partial charge on any atom is -0.118 e. The lowest BCUT2D eigenvalue weighted by molar-refractivity contribution is 0.491. The first-order valence-corrected chi connectivity index (χ1v) is 7.31. The van der Waals surface area contributed by atoms with Gasteiger partial charge in [-0.15, -0.1) is 11.6 Å². The van der Waals surface area contributed by atoms with Crippen molar-refractivity contribution in [3.05, 3.63) is 35.4 Å². The van der Waals surface area contributed by atoms with E-state index in [1.807, 2.05) is 0 Å². The zero-order valence-electron chi connectivity index (χ0n) is 11.1. The molecule has 2 rings (SSSR count). The fourth-order valence-corrected chi connectivity index (χ4v) is 2.76. The molecule has 94 valence electrons. The lowest BCUT2D eigenvalue weighted by Crippen LogP contribution is -2.06. The highest BCUT2D eigenvalue weighted by Crippen LogP contribution is 2.45. The van der Waals surface area contributed by atoms with E-state index in [2.05, 4.69) is 45.0 Å². The first-order valence-electron chi connectivity index (χ1n) is 6.87. The number of hydrogen-bond acceptors (Lipinski definition) is 0. The van der Waals surface area contributed by atoms with Crippen molar-refractivity contribution in [2.75, 3.05) is 0 Å². The summed E-state index contributed by atoms with van der Waals surface area (Å²) in [6.45, 7) is 6.80. The van der Waals surface area contributed by atoms with Gasteiger partial charge >= 0.3 is 0 Å². The molecule has 0 nitrogen and oxygen atoms in total. The van der Waals surface area contributed by atoms with Crippen molar-refractivity contribution in [3.63, 3.8) is 0 Å². The van der Waals surface area contributed by atoms with Crippen molar-refractivity contribution in [1.82, 2.24) is 0 Å². The van der Waals surface area contributed by atoms with E-state index >= 15 is 0 Å². The highest BCUT2D eigenvalue weighted by molar-refractivity contribution is 6.21. The molecule has 0 bridgehead atoms. The molecule has 0 heterocycles. The number of hydrogen-bond donors (Lipinski definition) is 0. The van der Waals surface area contributed by atoms with E-state index in [1.54, 1.807) is 0 Å². The van der Waals surface area contributed by atoms with Crippen molar-refractivity contribution < 1.29 is 0 Å². The van der Waals surface area contributed by atoms with E-state index in [4.69, 9.17) is 11.6 Å². The van der Waals surface area contributed by atoms with Crippen LogP contribution in [-0.4, -0.2) is 0 Å². The van der Waals surface area contributed by atoms with Gasteiger partial charge in [-0.2, -0.15) is 0 Å². The Hall–Kier alpha value is -0.490. The predicted molar refractivity (Wildman–Crippen MR) is 75.6 cm³/mol. The Morgan fingerprint density at radius 2 is 1.65 bits per heavy atom. The van der Waals surface area contributed by atoms with Crippen LogP contribution in [0.4, 0.5) is 0 Å². The molecular formula is C16H23Cl. The van der Waals surface area contributed by atoms with Crippen LogP contribution in [0.5, 0.6) is 0 Å². The monoisotopic (exact) mass is 250 g/mol. The van der Waals surface area contributed by atoms with Gasteiger partial charge in [0.25, 0.3) is 0 Å². The third-order valence-electron chi connectivity index (χ3n) is 4.26. The minimum absolute atomic E-state index is 0.188. The summed E-state index contributed by atoms with van der Waals surface area (Å²) >= 11 is 6.56. The van der Waals surface area contributed by atoms with Gasteiger partial charge in [-0.25, -0.2) is 0 Å². The zero-order chi connectivity index (χ0) is 12.4. The smallest absolute Gasteiger partial charge is 0.0613 e. The van der Waals surface area contributed by atoms with E-state index in [0.29, 0.717) is 11.8 Å². The average molecular weight is 251 g/mol. The second-order valence-corrected chi connectivity index (χ2v) is 6.04. The van der Waals surface area contributed by atoms with Gasteiger partial charge < -0.3 is 0 Å². The van der Waals surface area contributed by atoms with Crippen LogP contribution < -0.4 is 0 Å². The maximum Gasteiger partial charge on any atom is 0.0613 e. The Morgan fingerprint density at radius 3 is 2.12 bits per heavy atom. The fourth-order valence-electron chi connectivity index (χ4n) is 2.41. The molecule has 0 amide bonds. The molecule has 0 N–H and O–H groups in total. The molecule has 0 spiro atoms. The van der Waals surface area contributed by atoms with Gasteiger partial charge in [0.05, 0.1) is 5.38 Å². The number of benzene rings is 1. The molecule has 3 atom stereocenters. The molecule has 17 heavy (non-hydrogen) atoms. The normalized spacial score (nSPS) is 20.9. The van der Waals surface area contributed by atoms with E-state index in [9.17, 15) is 0 Å². The highest BCUT2D eigenvalue weighted by atomic mass is 35.5. The molecule has 0 aliphatic heterocycles. The molecule has 1 aliphatic carbocycles. The van der Waals surface area contributed by atoms with Gasteiger partial charge in [0.1, 0.15) is 0 Å². The summed E-state index contributed by atoms with van der Waals surface area (Å²) in [6, 6.07) is 8.94. The van der Waals surface area contributed by atoms with Crippen molar-refractivity contribution in [2.24, 2.45) is 11.8 Å². The van der Waals surface area contributed by atoms with E-state index in [0.717, 1.165) is 5.92 Å². The molecule has 1 aromatic carbocycles. The van der Waals surface area contributed by atoms with Gasteiger partial charge in [-0.1, -0.05) is 45.0 Å². The zero-order valence-corrected chi connectivity index (χ0v) is 11.9. The van der Waals surface area contributed by atoms with Gasteiger partial charge in [-0.05, 0) is 48.1 Å². The van der Waals surface area contributed by atoms with Gasteiger partial charge in [0.15, 0.2) is 0 Å². The SMILES string of the molecule is CCC(C)c1ccc(C(Cl)C(C)C2CC2)cc1. The maximum absolute atomic E-state index is 6.56. The van der Waals surface area contributed by atoms with Crippen molar-refractivity contribution >= 4 is 11.6 Å². The summed E-state index contributed by atoms with van der Waals surface area (Å²) in [4.78, 5) is 0. The average Bonchev–Trinajstić information content (AvgIpc) is 3.20. The Morgan fingerprint density at radius 1 is 1.12 bits per heavy atom. The van der Waals surface area contributed by atoms with Crippen LogP contribution >= 0.6 is 11.6 Å². The molecule has 1 fully saturated rings. The van der Waals surface area contributed by atoms with Gasteiger partial charge in [-0.3, -0.25) is 0 Å². The summed E-state index contributed by atoms with van der Waals surface area (Å²) in [5.41, 5.74) is 2.72. The van der Waals surface area contributed by atoms with Crippen LogP contribution in [0.1, 0.15) is 62.5 Å². The number of alkyl halides is 1. The molecule has 0 radical (unpaired) electrons. The summed E-state index contributed by atoms with van der Waals surface area (Å²) in [7, 11) is 0. The second kappa shape index (κ2) is 5.44.